The molecule has 0 radical (unpaired) electrons. The van der Waals surface area contributed by atoms with Crippen LogP contribution >= 0.6 is 11.6 Å². The summed E-state index contributed by atoms with van der Waals surface area (Å²) in [7, 11) is 0. The van der Waals surface area contributed by atoms with Crippen LogP contribution in [0.1, 0.15) is 20.3 Å². The van der Waals surface area contributed by atoms with Gasteiger partial charge >= 0.3 is 5.97 Å². The third-order valence-corrected chi connectivity index (χ3v) is 1.31. The molecule has 4 heteroatoms. The number of carbonyl (C=O) groups excluding carboxylic acids is 1. The molecule has 0 aliphatic carbocycles. The summed E-state index contributed by atoms with van der Waals surface area (Å²) in [6.07, 6.45) is 0.155. The van der Waals surface area contributed by atoms with E-state index in [9.17, 15) is 4.79 Å². The first-order chi connectivity index (χ1) is 5.26. The molecule has 0 rings (SSSR count). The fourth-order valence-corrected chi connectivity index (χ4v) is 0.808. The van der Waals surface area contributed by atoms with Crippen LogP contribution in [0.4, 0.5) is 0 Å². The lowest BCUT2D eigenvalue weighted by atomic mass is 10.3. The first kappa shape index (κ1) is 10.7. The molecule has 3 nitrogen and oxygen atoms in total. The van der Waals surface area contributed by atoms with Gasteiger partial charge in [-0.3, -0.25) is 0 Å². The highest BCUT2D eigenvalue weighted by atomic mass is 35.5. The lowest BCUT2D eigenvalue weighted by Gasteiger charge is -2.11. The summed E-state index contributed by atoms with van der Waals surface area (Å²) < 4.78 is 9.62. The van der Waals surface area contributed by atoms with Crippen LogP contribution in [0.5, 0.6) is 0 Å². The standard InChI is InChI=1S/C7H13ClO3/c1-3-6(10-4-2)7(9)11-5-8/h6H,3-5H2,1-2H3. The molecule has 1 atom stereocenters. The molecular formula is C7H13ClO3. The van der Waals surface area contributed by atoms with Crippen LogP contribution in [0.2, 0.25) is 0 Å². The minimum Gasteiger partial charge on any atom is -0.447 e. The van der Waals surface area contributed by atoms with E-state index in [4.69, 9.17) is 16.3 Å². The Labute approximate surface area is 71.6 Å². The Kier molecular flexibility index (Phi) is 6.27. The van der Waals surface area contributed by atoms with Gasteiger partial charge in [0.1, 0.15) is 0 Å². The van der Waals surface area contributed by atoms with E-state index >= 15 is 0 Å². The normalized spacial score (nSPS) is 12.6. The van der Waals surface area contributed by atoms with Gasteiger partial charge in [0, 0.05) is 6.61 Å². The van der Waals surface area contributed by atoms with Gasteiger partial charge in [0.05, 0.1) is 0 Å². The van der Waals surface area contributed by atoms with Crippen molar-refractivity contribution in [1.82, 2.24) is 0 Å². The molecule has 0 saturated carbocycles. The van der Waals surface area contributed by atoms with Crippen molar-refractivity contribution in [1.29, 1.82) is 0 Å². The molecule has 0 aliphatic heterocycles. The Balaban J connectivity index is 3.71. The molecule has 0 aromatic heterocycles. The summed E-state index contributed by atoms with van der Waals surface area (Å²) in [5.74, 6) is -0.385. The van der Waals surface area contributed by atoms with E-state index in [0.29, 0.717) is 13.0 Å². The third-order valence-electron chi connectivity index (χ3n) is 1.20. The maximum atomic E-state index is 10.9. The molecule has 0 amide bonds. The molecule has 1 unspecified atom stereocenters. The lowest BCUT2D eigenvalue weighted by molar-refractivity contribution is -0.155. The van der Waals surface area contributed by atoms with Crippen LogP contribution in [0.15, 0.2) is 0 Å². The average Bonchev–Trinajstić information content (AvgIpc) is 2.00. The first-order valence-electron chi connectivity index (χ1n) is 3.60. The van der Waals surface area contributed by atoms with Gasteiger partial charge in [-0.15, -0.1) is 0 Å². The molecule has 0 N–H and O–H groups in total. The van der Waals surface area contributed by atoms with Gasteiger partial charge in [-0.2, -0.15) is 0 Å². The monoisotopic (exact) mass is 180 g/mol. The fourth-order valence-electron chi connectivity index (χ4n) is 0.700. The maximum absolute atomic E-state index is 10.9. The van der Waals surface area contributed by atoms with Crippen molar-refractivity contribution in [2.45, 2.75) is 26.4 Å². The summed E-state index contributed by atoms with van der Waals surface area (Å²) in [6, 6.07) is -0.109. The van der Waals surface area contributed by atoms with Crippen molar-refractivity contribution >= 4 is 17.6 Å². The average molecular weight is 181 g/mol. The Morgan fingerprint density at radius 1 is 1.55 bits per heavy atom. The highest BCUT2D eigenvalue weighted by Gasteiger charge is 2.16. The zero-order chi connectivity index (χ0) is 8.69. The fraction of sp³-hybridized carbons (Fsp3) is 0.857. The zero-order valence-electron chi connectivity index (χ0n) is 6.80. The van der Waals surface area contributed by atoms with E-state index in [0.717, 1.165) is 0 Å². The predicted molar refractivity (Wildman–Crippen MR) is 42.5 cm³/mol. The molecule has 11 heavy (non-hydrogen) atoms. The van der Waals surface area contributed by atoms with Crippen molar-refractivity contribution in [3.63, 3.8) is 0 Å². The number of rotatable bonds is 5. The number of hydrogen-bond acceptors (Lipinski definition) is 3. The number of ether oxygens (including phenoxy) is 2. The molecule has 0 aromatic rings. The molecule has 0 bridgehead atoms. The summed E-state index contributed by atoms with van der Waals surface area (Å²) >= 11 is 5.20. The van der Waals surface area contributed by atoms with E-state index < -0.39 is 6.10 Å². The summed E-state index contributed by atoms with van der Waals surface area (Å²) in [6.45, 7) is 4.20. The summed E-state index contributed by atoms with van der Waals surface area (Å²) in [5, 5.41) is 0. The maximum Gasteiger partial charge on any atom is 0.336 e. The molecule has 0 saturated heterocycles. The molecule has 0 spiro atoms. The second kappa shape index (κ2) is 6.43. The molecule has 66 valence electrons. The Morgan fingerprint density at radius 3 is 2.55 bits per heavy atom. The van der Waals surface area contributed by atoms with Crippen LogP contribution in [0.3, 0.4) is 0 Å². The summed E-state index contributed by atoms with van der Waals surface area (Å²) in [5.41, 5.74) is 0. The molecule has 0 aliphatic rings. The number of carbonyl (C=O) groups is 1. The number of hydrogen-bond donors (Lipinski definition) is 0. The van der Waals surface area contributed by atoms with Gasteiger partial charge < -0.3 is 9.47 Å². The number of halogens is 1. The van der Waals surface area contributed by atoms with Crippen molar-refractivity contribution in [3.05, 3.63) is 0 Å². The Morgan fingerprint density at radius 2 is 2.18 bits per heavy atom. The van der Waals surface area contributed by atoms with Gasteiger partial charge in [0.25, 0.3) is 0 Å². The lowest BCUT2D eigenvalue weighted by Crippen LogP contribution is -2.25. The number of esters is 1. The van der Waals surface area contributed by atoms with Crippen LogP contribution in [-0.2, 0) is 14.3 Å². The first-order valence-corrected chi connectivity index (χ1v) is 4.13. The van der Waals surface area contributed by atoms with Crippen LogP contribution in [0, 0.1) is 0 Å². The van der Waals surface area contributed by atoms with Crippen molar-refractivity contribution in [2.24, 2.45) is 0 Å². The molecular weight excluding hydrogens is 168 g/mol. The van der Waals surface area contributed by atoms with Crippen molar-refractivity contribution in [2.75, 3.05) is 12.7 Å². The Bertz CT molecular complexity index is 116. The van der Waals surface area contributed by atoms with Crippen LogP contribution < -0.4 is 0 Å². The van der Waals surface area contributed by atoms with Gasteiger partial charge in [0.15, 0.2) is 12.2 Å². The highest BCUT2D eigenvalue weighted by Crippen LogP contribution is 2.00. The van der Waals surface area contributed by atoms with Gasteiger partial charge in [-0.05, 0) is 13.3 Å². The topological polar surface area (TPSA) is 35.5 Å². The Hall–Kier alpha value is -0.280. The third kappa shape index (κ3) is 4.22. The minimum absolute atomic E-state index is 0.109. The smallest absolute Gasteiger partial charge is 0.336 e. The van der Waals surface area contributed by atoms with Gasteiger partial charge in [0.2, 0.25) is 0 Å². The quantitative estimate of drug-likeness (QED) is 0.476. The van der Waals surface area contributed by atoms with Crippen LogP contribution in [-0.4, -0.2) is 24.7 Å². The minimum atomic E-state index is -0.459. The van der Waals surface area contributed by atoms with Crippen LogP contribution in [0.25, 0.3) is 0 Å². The SMILES string of the molecule is CCOC(CC)C(=O)OCCl. The van der Waals surface area contributed by atoms with E-state index in [1.165, 1.54) is 0 Å². The van der Waals surface area contributed by atoms with E-state index in [1.807, 2.05) is 13.8 Å². The summed E-state index contributed by atoms with van der Waals surface area (Å²) in [4.78, 5) is 10.9. The predicted octanol–water partition coefficient (Wildman–Crippen LogP) is 1.54. The van der Waals surface area contributed by atoms with Gasteiger partial charge in [-0.1, -0.05) is 18.5 Å². The van der Waals surface area contributed by atoms with Crippen molar-refractivity contribution < 1.29 is 14.3 Å². The molecule has 0 aromatic carbocycles. The van der Waals surface area contributed by atoms with Crippen molar-refractivity contribution in [3.8, 4) is 0 Å². The molecule has 0 heterocycles. The number of alkyl halides is 1. The highest BCUT2D eigenvalue weighted by molar-refractivity contribution is 6.17. The van der Waals surface area contributed by atoms with Gasteiger partial charge in [-0.25, -0.2) is 4.79 Å². The van der Waals surface area contributed by atoms with E-state index in [-0.39, 0.29) is 12.0 Å². The second-order valence-corrected chi connectivity index (χ2v) is 2.14. The zero-order valence-corrected chi connectivity index (χ0v) is 7.56. The second-order valence-electron chi connectivity index (χ2n) is 1.92. The van der Waals surface area contributed by atoms with E-state index in [2.05, 4.69) is 4.74 Å². The largest absolute Gasteiger partial charge is 0.447 e. The molecule has 0 fully saturated rings. The van der Waals surface area contributed by atoms with E-state index in [1.54, 1.807) is 0 Å².